The average molecular weight is 390 g/mol. The molecule has 0 N–H and O–H groups in total. The van der Waals surface area contributed by atoms with Crippen LogP contribution in [0.2, 0.25) is 0 Å². The number of ether oxygens (including phenoxy) is 1. The summed E-state index contributed by atoms with van der Waals surface area (Å²) in [6.07, 6.45) is -2.18. The van der Waals surface area contributed by atoms with E-state index in [2.05, 4.69) is 4.98 Å². The first kappa shape index (κ1) is 18.6. The molecule has 0 spiro atoms. The highest BCUT2D eigenvalue weighted by atomic mass is 32.2. The Hall–Kier alpha value is -2.20. The molecule has 1 aromatic heterocycles. The van der Waals surface area contributed by atoms with Crippen LogP contribution in [0.25, 0.3) is 0 Å². The van der Waals surface area contributed by atoms with Gasteiger partial charge < -0.3 is 4.74 Å². The van der Waals surface area contributed by atoms with E-state index in [4.69, 9.17) is 4.74 Å². The first-order valence-electron chi connectivity index (χ1n) is 7.61. The molecule has 26 heavy (non-hydrogen) atoms. The van der Waals surface area contributed by atoms with Crippen LogP contribution in [0, 0.1) is 5.82 Å². The van der Waals surface area contributed by atoms with Gasteiger partial charge in [0.15, 0.2) is 0 Å². The number of nitrogens with zero attached hydrogens (tertiary/aromatic N) is 2. The standard InChI is InChI=1S/C16H14F4N2O3S/c17-11-3-4-15(14(8-11)16(18,19)20)26(23,24)22-7-5-13(10-22)25-12-2-1-6-21-9-12/h1-4,6,8-9,13H,5,7,10H2. The molecule has 1 aromatic carbocycles. The van der Waals surface area contributed by atoms with Crippen molar-refractivity contribution in [2.75, 3.05) is 13.1 Å². The van der Waals surface area contributed by atoms with Gasteiger partial charge in [0, 0.05) is 12.7 Å². The minimum Gasteiger partial charge on any atom is -0.487 e. The molecule has 0 saturated carbocycles. The lowest BCUT2D eigenvalue weighted by Gasteiger charge is -2.20. The molecule has 5 nitrogen and oxygen atoms in total. The Balaban J connectivity index is 1.84. The van der Waals surface area contributed by atoms with E-state index < -0.39 is 38.6 Å². The van der Waals surface area contributed by atoms with Gasteiger partial charge in [-0.25, -0.2) is 12.8 Å². The van der Waals surface area contributed by atoms with Gasteiger partial charge in [0.25, 0.3) is 0 Å². The van der Waals surface area contributed by atoms with Gasteiger partial charge in [-0.3, -0.25) is 4.98 Å². The van der Waals surface area contributed by atoms with Gasteiger partial charge in [-0.15, -0.1) is 0 Å². The van der Waals surface area contributed by atoms with E-state index in [9.17, 15) is 26.0 Å². The van der Waals surface area contributed by atoms with Crippen LogP contribution in [0.3, 0.4) is 0 Å². The highest BCUT2D eigenvalue weighted by Gasteiger charge is 2.41. The first-order valence-corrected chi connectivity index (χ1v) is 9.05. The summed E-state index contributed by atoms with van der Waals surface area (Å²) in [6, 6.07) is 4.82. The quantitative estimate of drug-likeness (QED) is 0.753. The third-order valence-corrected chi connectivity index (χ3v) is 5.83. The van der Waals surface area contributed by atoms with Crippen molar-refractivity contribution >= 4 is 10.0 Å². The molecule has 0 aliphatic carbocycles. The predicted octanol–water partition coefficient (Wildman–Crippen LogP) is 3.08. The second kappa shape index (κ2) is 6.84. The lowest BCUT2D eigenvalue weighted by Crippen LogP contribution is -2.32. The number of aromatic nitrogens is 1. The number of rotatable bonds is 4. The number of benzene rings is 1. The summed E-state index contributed by atoms with van der Waals surface area (Å²) in [4.78, 5) is 2.91. The highest BCUT2D eigenvalue weighted by Crippen LogP contribution is 2.36. The van der Waals surface area contributed by atoms with E-state index in [0.29, 0.717) is 24.3 Å². The summed E-state index contributed by atoms with van der Waals surface area (Å²) in [5.74, 6) is -0.718. The molecule has 0 radical (unpaired) electrons. The number of alkyl halides is 3. The number of hydrogen-bond acceptors (Lipinski definition) is 4. The lowest BCUT2D eigenvalue weighted by molar-refractivity contribution is -0.140. The molecule has 3 rings (SSSR count). The van der Waals surface area contributed by atoms with Gasteiger partial charge in [0.05, 0.1) is 23.2 Å². The van der Waals surface area contributed by atoms with Crippen LogP contribution in [0.1, 0.15) is 12.0 Å². The maximum absolute atomic E-state index is 13.2. The van der Waals surface area contributed by atoms with Gasteiger partial charge in [-0.05, 0) is 36.8 Å². The van der Waals surface area contributed by atoms with Crippen LogP contribution >= 0.6 is 0 Å². The van der Waals surface area contributed by atoms with Crippen molar-refractivity contribution < 1.29 is 30.7 Å². The number of sulfonamides is 1. The molecule has 2 aromatic rings. The highest BCUT2D eigenvalue weighted by molar-refractivity contribution is 7.89. The SMILES string of the molecule is O=S(=O)(c1ccc(F)cc1C(F)(F)F)N1CCC(Oc2cccnc2)C1. The van der Waals surface area contributed by atoms with Crippen LogP contribution in [-0.4, -0.2) is 36.9 Å². The first-order chi connectivity index (χ1) is 12.2. The maximum Gasteiger partial charge on any atom is 0.417 e. The van der Waals surface area contributed by atoms with E-state index in [1.165, 1.54) is 6.20 Å². The second-order valence-corrected chi connectivity index (χ2v) is 7.62. The van der Waals surface area contributed by atoms with Crippen LogP contribution in [0.5, 0.6) is 5.75 Å². The normalized spacial score (nSPS) is 18.8. The number of hydrogen-bond donors (Lipinski definition) is 0. The van der Waals surface area contributed by atoms with Crippen molar-refractivity contribution in [1.29, 1.82) is 0 Å². The Morgan fingerprint density at radius 1 is 1.23 bits per heavy atom. The Kier molecular flexibility index (Phi) is 4.89. The molecule has 1 fully saturated rings. The van der Waals surface area contributed by atoms with Crippen LogP contribution in [0.15, 0.2) is 47.6 Å². The minimum atomic E-state index is -4.99. The molecule has 140 valence electrons. The summed E-state index contributed by atoms with van der Waals surface area (Å²) in [5.41, 5.74) is -1.52. The van der Waals surface area contributed by atoms with Gasteiger partial charge >= 0.3 is 6.18 Å². The van der Waals surface area contributed by atoms with Crippen molar-refractivity contribution in [2.24, 2.45) is 0 Å². The molecule has 2 heterocycles. The fourth-order valence-corrected chi connectivity index (χ4v) is 4.39. The molecular formula is C16H14F4N2O3S. The van der Waals surface area contributed by atoms with Gasteiger partial charge in [-0.2, -0.15) is 17.5 Å². The molecule has 1 aliphatic rings. The van der Waals surface area contributed by atoms with Gasteiger partial charge in [-0.1, -0.05) is 0 Å². The van der Waals surface area contributed by atoms with Gasteiger partial charge in [0.2, 0.25) is 10.0 Å². The summed E-state index contributed by atoms with van der Waals surface area (Å²) in [6.45, 7) is -0.103. The van der Waals surface area contributed by atoms with E-state index in [0.717, 1.165) is 4.31 Å². The maximum atomic E-state index is 13.2. The van der Waals surface area contributed by atoms with Crippen molar-refractivity contribution in [2.45, 2.75) is 23.6 Å². The van der Waals surface area contributed by atoms with Crippen LogP contribution in [-0.2, 0) is 16.2 Å². The topological polar surface area (TPSA) is 59.5 Å². The largest absolute Gasteiger partial charge is 0.487 e. The van der Waals surface area contributed by atoms with Crippen LogP contribution < -0.4 is 4.74 Å². The van der Waals surface area contributed by atoms with Crippen molar-refractivity contribution in [3.63, 3.8) is 0 Å². The van der Waals surface area contributed by atoms with Gasteiger partial charge in [0.1, 0.15) is 17.7 Å². The Morgan fingerprint density at radius 2 is 2.00 bits per heavy atom. The minimum absolute atomic E-state index is 0.00192. The van der Waals surface area contributed by atoms with E-state index in [1.807, 2.05) is 0 Å². The number of halogens is 4. The third kappa shape index (κ3) is 3.80. The number of pyridine rings is 1. The zero-order chi connectivity index (χ0) is 18.9. The fraction of sp³-hybridized carbons (Fsp3) is 0.312. The Bertz CT molecular complexity index is 888. The molecule has 10 heteroatoms. The zero-order valence-electron chi connectivity index (χ0n) is 13.3. The van der Waals surface area contributed by atoms with E-state index >= 15 is 0 Å². The summed E-state index contributed by atoms with van der Waals surface area (Å²) in [5, 5.41) is 0. The van der Waals surface area contributed by atoms with Crippen LogP contribution in [0.4, 0.5) is 17.6 Å². The second-order valence-electron chi connectivity index (χ2n) is 5.72. The summed E-state index contributed by atoms with van der Waals surface area (Å²) in [7, 11) is -4.44. The summed E-state index contributed by atoms with van der Waals surface area (Å²) >= 11 is 0. The molecule has 0 bridgehead atoms. The molecule has 0 amide bonds. The molecule has 1 saturated heterocycles. The Labute approximate surface area is 147 Å². The predicted molar refractivity (Wildman–Crippen MR) is 83.4 cm³/mol. The molecular weight excluding hydrogens is 376 g/mol. The zero-order valence-corrected chi connectivity index (χ0v) is 14.1. The van der Waals surface area contributed by atoms with E-state index in [-0.39, 0.29) is 19.2 Å². The lowest BCUT2D eigenvalue weighted by atomic mass is 10.2. The van der Waals surface area contributed by atoms with Crippen molar-refractivity contribution in [3.8, 4) is 5.75 Å². The van der Waals surface area contributed by atoms with Crippen molar-refractivity contribution in [1.82, 2.24) is 9.29 Å². The van der Waals surface area contributed by atoms with Crippen molar-refractivity contribution in [3.05, 3.63) is 54.1 Å². The molecule has 1 unspecified atom stereocenters. The summed E-state index contributed by atoms with van der Waals surface area (Å²) < 4.78 is 84.4. The third-order valence-electron chi connectivity index (χ3n) is 3.91. The smallest absolute Gasteiger partial charge is 0.417 e. The van der Waals surface area contributed by atoms with E-state index in [1.54, 1.807) is 18.3 Å². The monoisotopic (exact) mass is 390 g/mol. The average Bonchev–Trinajstić information content (AvgIpc) is 3.04. The fourth-order valence-electron chi connectivity index (χ4n) is 2.71. The molecule has 1 aliphatic heterocycles. The Morgan fingerprint density at radius 3 is 2.65 bits per heavy atom. The molecule has 1 atom stereocenters.